The summed E-state index contributed by atoms with van der Waals surface area (Å²) in [6.07, 6.45) is 5.17. The van der Waals surface area contributed by atoms with Crippen molar-refractivity contribution in [1.82, 2.24) is 9.80 Å². The fraction of sp³-hybridized carbons (Fsp3) is 0.538. The molecule has 31 heavy (non-hydrogen) atoms. The minimum absolute atomic E-state index is 0.334. The molecule has 5 heteroatoms. The number of rotatable bonds is 8. The van der Waals surface area contributed by atoms with Gasteiger partial charge in [-0.3, -0.25) is 9.80 Å². The van der Waals surface area contributed by atoms with Crippen molar-refractivity contribution in [2.75, 3.05) is 39.4 Å². The van der Waals surface area contributed by atoms with Gasteiger partial charge in [0.05, 0.1) is 25.3 Å². The molecule has 0 bridgehead atoms. The van der Waals surface area contributed by atoms with Gasteiger partial charge < -0.3 is 4.74 Å². The van der Waals surface area contributed by atoms with Crippen LogP contribution in [0, 0.1) is 13.8 Å². The predicted octanol–water partition coefficient (Wildman–Crippen LogP) is 6.82. The molecule has 3 nitrogen and oxygen atoms in total. The topological polar surface area (TPSA) is 15.7 Å². The van der Waals surface area contributed by atoms with Crippen LogP contribution in [0.3, 0.4) is 0 Å². The van der Waals surface area contributed by atoms with E-state index >= 15 is 0 Å². The standard InChI is InChI=1S/C26H34Br2N2O/c1-19-15-21(27)7-9-23(19)25(29-11-3-4-12-29)17-31-18-26(30-13-5-6-14-30)24-10-8-22(28)16-20(24)2/h7-10,15-16,25-26H,3-6,11-14,17-18H2,1-2H3. The Morgan fingerprint density at radius 1 is 0.710 bits per heavy atom. The number of nitrogens with zero attached hydrogens (tertiary/aromatic N) is 2. The molecule has 2 aromatic rings. The number of likely N-dealkylation sites (tertiary alicyclic amines) is 2. The minimum atomic E-state index is 0.334. The molecule has 2 aliphatic heterocycles. The van der Waals surface area contributed by atoms with E-state index in [-0.39, 0.29) is 0 Å². The first kappa shape index (κ1) is 23.4. The van der Waals surface area contributed by atoms with Crippen LogP contribution in [0.25, 0.3) is 0 Å². The largest absolute Gasteiger partial charge is 0.377 e. The van der Waals surface area contributed by atoms with Gasteiger partial charge in [-0.2, -0.15) is 0 Å². The lowest BCUT2D eigenvalue weighted by molar-refractivity contribution is 0.0310. The molecule has 4 rings (SSSR count). The Hall–Kier alpha value is -0.720. The van der Waals surface area contributed by atoms with Crippen molar-refractivity contribution in [3.63, 3.8) is 0 Å². The van der Waals surface area contributed by atoms with Gasteiger partial charge in [0.2, 0.25) is 0 Å². The van der Waals surface area contributed by atoms with Crippen LogP contribution in [0.1, 0.15) is 60.0 Å². The van der Waals surface area contributed by atoms with E-state index in [9.17, 15) is 0 Å². The highest BCUT2D eigenvalue weighted by molar-refractivity contribution is 9.10. The van der Waals surface area contributed by atoms with Crippen molar-refractivity contribution in [1.29, 1.82) is 0 Å². The van der Waals surface area contributed by atoms with E-state index in [2.05, 4.69) is 91.9 Å². The second-order valence-corrected chi connectivity index (χ2v) is 10.9. The zero-order valence-electron chi connectivity index (χ0n) is 18.7. The molecular weight excluding hydrogens is 516 g/mol. The molecule has 2 atom stereocenters. The molecule has 0 saturated carbocycles. The number of ether oxygens (including phenoxy) is 1. The van der Waals surface area contributed by atoms with Crippen molar-refractivity contribution in [2.45, 2.75) is 51.6 Å². The van der Waals surface area contributed by atoms with Crippen LogP contribution in [-0.2, 0) is 4.74 Å². The highest BCUT2D eigenvalue weighted by Gasteiger charge is 2.28. The van der Waals surface area contributed by atoms with Crippen molar-refractivity contribution in [3.8, 4) is 0 Å². The molecule has 2 heterocycles. The summed E-state index contributed by atoms with van der Waals surface area (Å²) in [5, 5.41) is 0. The summed E-state index contributed by atoms with van der Waals surface area (Å²) in [7, 11) is 0. The number of hydrogen-bond acceptors (Lipinski definition) is 3. The number of aryl methyl sites for hydroxylation is 2. The monoisotopic (exact) mass is 548 g/mol. The first-order chi connectivity index (χ1) is 15.0. The minimum Gasteiger partial charge on any atom is -0.377 e. The lowest BCUT2D eigenvalue weighted by Crippen LogP contribution is -2.33. The van der Waals surface area contributed by atoms with Crippen LogP contribution >= 0.6 is 31.9 Å². The lowest BCUT2D eigenvalue weighted by atomic mass is 10.00. The molecule has 0 aliphatic carbocycles. The van der Waals surface area contributed by atoms with Gasteiger partial charge >= 0.3 is 0 Å². The van der Waals surface area contributed by atoms with Gasteiger partial charge in [0.25, 0.3) is 0 Å². The van der Waals surface area contributed by atoms with Crippen molar-refractivity contribution < 1.29 is 4.74 Å². The van der Waals surface area contributed by atoms with Gasteiger partial charge in [-0.1, -0.05) is 44.0 Å². The Morgan fingerprint density at radius 3 is 1.45 bits per heavy atom. The van der Waals surface area contributed by atoms with Crippen LogP contribution in [0.5, 0.6) is 0 Å². The van der Waals surface area contributed by atoms with E-state index in [0.717, 1.165) is 22.2 Å². The molecule has 2 fully saturated rings. The second kappa shape index (κ2) is 10.9. The summed E-state index contributed by atoms with van der Waals surface area (Å²) in [4.78, 5) is 5.23. The lowest BCUT2D eigenvalue weighted by Gasteiger charge is -2.32. The Morgan fingerprint density at radius 2 is 1.10 bits per heavy atom. The van der Waals surface area contributed by atoms with Gasteiger partial charge in [-0.25, -0.2) is 0 Å². The summed E-state index contributed by atoms with van der Waals surface area (Å²) in [6.45, 7) is 10.6. The highest BCUT2D eigenvalue weighted by Crippen LogP contribution is 2.32. The van der Waals surface area contributed by atoms with E-state index in [1.165, 1.54) is 74.1 Å². The number of halogens is 2. The van der Waals surface area contributed by atoms with E-state index in [0.29, 0.717) is 12.1 Å². The summed E-state index contributed by atoms with van der Waals surface area (Å²) in [5.41, 5.74) is 5.50. The summed E-state index contributed by atoms with van der Waals surface area (Å²) < 4.78 is 8.85. The number of hydrogen-bond donors (Lipinski definition) is 0. The van der Waals surface area contributed by atoms with Crippen molar-refractivity contribution in [3.05, 3.63) is 67.6 Å². The van der Waals surface area contributed by atoms with Crippen LogP contribution in [0.4, 0.5) is 0 Å². The SMILES string of the molecule is Cc1cc(Br)ccc1C(COCC(c1ccc(Br)cc1C)N1CCCC1)N1CCCC1. The van der Waals surface area contributed by atoms with E-state index < -0.39 is 0 Å². The van der Waals surface area contributed by atoms with Crippen LogP contribution < -0.4 is 0 Å². The Labute approximate surface area is 204 Å². The summed E-state index contributed by atoms with van der Waals surface area (Å²) in [5.74, 6) is 0. The van der Waals surface area contributed by atoms with E-state index in [4.69, 9.17) is 4.74 Å². The molecule has 2 aromatic carbocycles. The normalized spacial score (nSPS) is 19.7. The first-order valence-electron chi connectivity index (χ1n) is 11.6. The van der Waals surface area contributed by atoms with Crippen molar-refractivity contribution in [2.24, 2.45) is 0 Å². The van der Waals surface area contributed by atoms with Crippen LogP contribution in [0.2, 0.25) is 0 Å². The second-order valence-electron chi connectivity index (χ2n) is 9.06. The average molecular weight is 550 g/mol. The quantitative estimate of drug-likeness (QED) is 0.359. The zero-order chi connectivity index (χ0) is 21.8. The van der Waals surface area contributed by atoms with Crippen molar-refractivity contribution >= 4 is 31.9 Å². The molecule has 168 valence electrons. The zero-order valence-corrected chi connectivity index (χ0v) is 21.9. The summed E-state index contributed by atoms with van der Waals surface area (Å²) in [6, 6.07) is 14.0. The third kappa shape index (κ3) is 5.80. The van der Waals surface area contributed by atoms with Crippen LogP contribution in [0.15, 0.2) is 45.3 Å². The maximum atomic E-state index is 6.56. The molecule has 2 aliphatic rings. The van der Waals surface area contributed by atoms with Gasteiger partial charge in [0, 0.05) is 8.95 Å². The fourth-order valence-electron chi connectivity index (χ4n) is 5.21. The molecule has 2 unspecified atom stereocenters. The molecule has 0 aromatic heterocycles. The Bertz CT molecular complexity index is 804. The van der Waals surface area contributed by atoms with Gasteiger partial charge in [-0.05, 0) is 112 Å². The van der Waals surface area contributed by atoms with E-state index in [1.807, 2.05) is 0 Å². The van der Waals surface area contributed by atoms with Crippen LogP contribution in [-0.4, -0.2) is 49.2 Å². The fourth-order valence-corrected chi connectivity index (χ4v) is 6.16. The third-order valence-corrected chi connectivity index (χ3v) is 7.88. The van der Waals surface area contributed by atoms with E-state index in [1.54, 1.807) is 0 Å². The molecule has 0 amide bonds. The number of benzene rings is 2. The van der Waals surface area contributed by atoms with Gasteiger partial charge in [0.1, 0.15) is 0 Å². The maximum absolute atomic E-state index is 6.56. The molecule has 0 N–H and O–H groups in total. The Kier molecular flexibility index (Phi) is 8.27. The third-order valence-electron chi connectivity index (χ3n) is 6.90. The molecule has 0 radical (unpaired) electrons. The molecule has 0 spiro atoms. The molecular formula is C26H34Br2N2O. The van der Waals surface area contributed by atoms with Gasteiger partial charge in [-0.15, -0.1) is 0 Å². The smallest absolute Gasteiger partial charge is 0.0664 e. The first-order valence-corrected chi connectivity index (χ1v) is 13.2. The van der Waals surface area contributed by atoms with Gasteiger partial charge in [0.15, 0.2) is 0 Å². The average Bonchev–Trinajstić information content (AvgIpc) is 3.44. The Balaban J connectivity index is 1.50. The summed E-state index contributed by atoms with van der Waals surface area (Å²) >= 11 is 7.24. The maximum Gasteiger partial charge on any atom is 0.0664 e. The molecule has 2 saturated heterocycles. The highest BCUT2D eigenvalue weighted by atomic mass is 79.9. The predicted molar refractivity (Wildman–Crippen MR) is 136 cm³/mol.